The van der Waals surface area contributed by atoms with Gasteiger partial charge in [-0.25, -0.2) is 4.79 Å². The quantitative estimate of drug-likeness (QED) is 0.536. The molecule has 0 bridgehead atoms. The summed E-state index contributed by atoms with van der Waals surface area (Å²) in [5.74, 6) is 0.207. The van der Waals surface area contributed by atoms with Gasteiger partial charge in [-0.2, -0.15) is 0 Å². The van der Waals surface area contributed by atoms with Crippen LogP contribution in [0.4, 0.5) is 4.79 Å². The Bertz CT molecular complexity index is 737. The number of rotatable bonds is 5. The number of carbonyl (C=O) groups is 1. The van der Waals surface area contributed by atoms with Gasteiger partial charge in [0.2, 0.25) is 0 Å². The lowest BCUT2D eigenvalue weighted by atomic mass is 9.76. The number of amides is 1. The summed E-state index contributed by atoms with van der Waals surface area (Å²) in [4.78, 5) is 14.8. The Morgan fingerprint density at radius 3 is 2.69 bits per heavy atom. The summed E-state index contributed by atoms with van der Waals surface area (Å²) in [5, 5.41) is 0. The van der Waals surface area contributed by atoms with Crippen molar-refractivity contribution in [3.05, 3.63) is 70.8 Å². The van der Waals surface area contributed by atoms with E-state index in [0.29, 0.717) is 13.0 Å². The largest absolute Gasteiger partial charge is 0.442 e. The van der Waals surface area contributed by atoms with Gasteiger partial charge in [-0.05, 0) is 38.0 Å². The molecule has 1 unspecified atom stereocenters. The van der Waals surface area contributed by atoms with Gasteiger partial charge in [-0.1, -0.05) is 64.5 Å². The Morgan fingerprint density at radius 1 is 1.38 bits per heavy atom. The lowest BCUT2D eigenvalue weighted by Gasteiger charge is -2.47. The van der Waals surface area contributed by atoms with Crippen molar-refractivity contribution in [2.45, 2.75) is 44.8 Å². The minimum atomic E-state index is -0.486. The predicted octanol–water partition coefficient (Wildman–Crippen LogP) is 6.19. The molecular weight excluding hydrogens is 390 g/mol. The van der Waals surface area contributed by atoms with Gasteiger partial charge in [0.15, 0.2) is 0 Å². The number of allylic oxidation sites excluding steroid dienone is 3. The molecule has 1 amide bonds. The number of cyclic esters (lactones) is 1. The molecule has 1 aliphatic carbocycles. The third-order valence-corrected chi connectivity index (χ3v) is 5.91. The van der Waals surface area contributed by atoms with E-state index in [-0.39, 0.29) is 18.1 Å². The van der Waals surface area contributed by atoms with Crippen molar-refractivity contribution >= 4 is 22.0 Å². The van der Waals surface area contributed by atoms with E-state index in [1.807, 2.05) is 36.1 Å². The molecule has 1 saturated heterocycles. The Balaban J connectivity index is 1.79. The first-order valence-corrected chi connectivity index (χ1v) is 9.93. The van der Waals surface area contributed by atoms with Gasteiger partial charge in [-0.15, -0.1) is 0 Å². The molecule has 0 N–H and O–H groups in total. The fourth-order valence-electron chi connectivity index (χ4n) is 3.96. The molecule has 138 valence electrons. The number of ether oxygens (including phenoxy) is 1. The van der Waals surface area contributed by atoms with Crippen LogP contribution in [0.15, 0.2) is 65.2 Å². The monoisotopic (exact) mass is 415 g/mol. The van der Waals surface area contributed by atoms with Gasteiger partial charge in [0, 0.05) is 29.8 Å². The second kappa shape index (κ2) is 7.83. The molecule has 3 rings (SSSR count). The number of carbonyl (C=O) groups excluding carboxylic acids is 1. The fourth-order valence-corrected chi connectivity index (χ4v) is 4.22. The molecule has 1 aromatic rings. The van der Waals surface area contributed by atoms with Crippen molar-refractivity contribution in [1.82, 2.24) is 4.90 Å². The second-order valence-electron chi connectivity index (χ2n) is 7.39. The average molecular weight is 416 g/mol. The molecule has 0 saturated carbocycles. The SMILES string of the molecule is C=C(C)C[C@]1(C2C=CC=CC2)CCN([C@@H](C)c2ccc(Br)cc2)C(=O)O1. The first-order valence-electron chi connectivity index (χ1n) is 9.14. The smallest absolute Gasteiger partial charge is 0.410 e. The second-order valence-corrected chi connectivity index (χ2v) is 8.31. The minimum Gasteiger partial charge on any atom is -0.442 e. The van der Waals surface area contributed by atoms with Crippen molar-refractivity contribution in [3.8, 4) is 0 Å². The third-order valence-electron chi connectivity index (χ3n) is 5.38. The number of nitrogens with zero attached hydrogens (tertiary/aromatic N) is 1. The van der Waals surface area contributed by atoms with Crippen LogP contribution in [0.25, 0.3) is 0 Å². The van der Waals surface area contributed by atoms with Crippen LogP contribution in [-0.4, -0.2) is 23.1 Å². The van der Waals surface area contributed by atoms with Gasteiger partial charge >= 0.3 is 6.09 Å². The van der Waals surface area contributed by atoms with Crippen LogP contribution < -0.4 is 0 Å². The van der Waals surface area contributed by atoms with Crippen molar-refractivity contribution < 1.29 is 9.53 Å². The lowest BCUT2D eigenvalue weighted by molar-refractivity contribution is -0.0789. The van der Waals surface area contributed by atoms with Crippen molar-refractivity contribution in [2.24, 2.45) is 5.92 Å². The van der Waals surface area contributed by atoms with E-state index >= 15 is 0 Å². The van der Waals surface area contributed by atoms with Gasteiger partial charge in [0.05, 0.1) is 6.04 Å². The maximum Gasteiger partial charge on any atom is 0.410 e. The van der Waals surface area contributed by atoms with E-state index in [9.17, 15) is 4.79 Å². The van der Waals surface area contributed by atoms with E-state index in [1.54, 1.807) is 0 Å². The van der Waals surface area contributed by atoms with Crippen molar-refractivity contribution in [1.29, 1.82) is 0 Å². The third kappa shape index (κ3) is 3.96. The van der Waals surface area contributed by atoms with Gasteiger partial charge < -0.3 is 9.64 Å². The Hall–Kier alpha value is -1.81. The molecule has 4 heteroatoms. The molecule has 1 aromatic carbocycles. The normalized spacial score (nSPS) is 26.5. The molecule has 2 aliphatic rings. The number of halogens is 1. The Morgan fingerprint density at radius 2 is 2.12 bits per heavy atom. The summed E-state index contributed by atoms with van der Waals surface area (Å²) in [5.41, 5.74) is 1.67. The first kappa shape index (κ1) is 19.0. The Labute approximate surface area is 164 Å². The molecule has 26 heavy (non-hydrogen) atoms. The molecule has 1 heterocycles. The highest BCUT2D eigenvalue weighted by atomic mass is 79.9. The van der Waals surface area contributed by atoms with Crippen LogP contribution >= 0.6 is 15.9 Å². The zero-order valence-electron chi connectivity index (χ0n) is 15.5. The van der Waals surface area contributed by atoms with E-state index in [0.717, 1.165) is 28.5 Å². The highest BCUT2D eigenvalue weighted by molar-refractivity contribution is 9.10. The summed E-state index contributed by atoms with van der Waals surface area (Å²) >= 11 is 3.46. The lowest BCUT2D eigenvalue weighted by Crippen LogP contribution is -2.53. The molecule has 1 aliphatic heterocycles. The summed E-state index contributed by atoms with van der Waals surface area (Å²) in [6.07, 6.45) is 10.6. The van der Waals surface area contributed by atoms with E-state index < -0.39 is 5.60 Å². The summed E-state index contributed by atoms with van der Waals surface area (Å²) in [6.45, 7) is 8.83. The van der Waals surface area contributed by atoms with Crippen LogP contribution in [0.1, 0.15) is 44.7 Å². The standard InChI is InChI=1S/C22H26BrNO2/c1-16(2)15-22(19-7-5-4-6-8-19)13-14-24(21(25)26-22)17(3)18-9-11-20(23)12-10-18/h4-7,9-12,17,19H,1,8,13-15H2,2-3H3/t17-,19?,22-/m0/s1. The van der Waals surface area contributed by atoms with Gasteiger partial charge in [0.25, 0.3) is 0 Å². The topological polar surface area (TPSA) is 29.5 Å². The van der Waals surface area contributed by atoms with E-state index in [1.165, 1.54) is 0 Å². The molecule has 0 aromatic heterocycles. The van der Waals surface area contributed by atoms with Crippen LogP contribution in [-0.2, 0) is 4.74 Å². The van der Waals surface area contributed by atoms with E-state index in [4.69, 9.17) is 4.74 Å². The van der Waals surface area contributed by atoms with Gasteiger partial charge in [-0.3, -0.25) is 0 Å². The molecular formula is C22H26BrNO2. The van der Waals surface area contributed by atoms with Crippen LogP contribution in [0, 0.1) is 5.92 Å². The summed E-state index contributed by atoms with van der Waals surface area (Å²) in [6, 6.07) is 8.09. The van der Waals surface area contributed by atoms with Crippen LogP contribution in [0.3, 0.4) is 0 Å². The first-order chi connectivity index (χ1) is 12.4. The van der Waals surface area contributed by atoms with E-state index in [2.05, 4.69) is 53.7 Å². The number of benzene rings is 1. The fraction of sp³-hybridized carbons (Fsp3) is 0.409. The summed E-state index contributed by atoms with van der Waals surface area (Å²) < 4.78 is 7.17. The zero-order chi connectivity index (χ0) is 18.7. The van der Waals surface area contributed by atoms with Crippen LogP contribution in [0.2, 0.25) is 0 Å². The Kier molecular flexibility index (Phi) is 5.71. The van der Waals surface area contributed by atoms with Gasteiger partial charge in [0.1, 0.15) is 5.60 Å². The predicted molar refractivity (Wildman–Crippen MR) is 109 cm³/mol. The molecule has 3 atom stereocenters. The van der Waals surface area contributed by atoms with Crippen molar-refractivity contribution in [2.75, 3.05) is 6.54 Å². The maximum atomic E-state index is 12.9. The zero-order valence-corrected chi connectivity index (χ0v) is 17.0. The van der Waals surface area contributed by atoms with Crippen molar-refractivity contribution in [3.63, 3.8) is 0 Å². The molecule has 3 nitrogen and oxygen atoms in total. The number of hydrogen-bond donors (Lipinski definition) is 0. The summed E-state index contributed by atoms with van der Waals surface area (Å²) in [7, 11) is 0. The highest BCUT2D eigenvalue weighted by Crippen LogP contribution is 2.41. The number of hydrogen-bond acceptors (Lipinski definition) is 2. The maximum absolute atomic E-state index is 12.9. The minimum absolute atomic E-state index is 0.0137. The molecule has 1 fully saturated rings. The molecule has 0 radical (unpaired) electrons. The average Bonchev–Trinajstić information content (AvgIpc) is 2.62. The van der Waals surface area contributed by atoms with Crippen LogP contribution in [0.5, 0.6) is 0 Å². The molecule has 0 spiro atoms. The highest BCUT2D eigenvalue weighted by Gasteiger charge is 2.46.